The third-order valence-electron chi connectivity index (χ3n) is 6.93. The molecule has 0 radical (unpaired) electrons. The van der Waals surface area contributed by atoms with E-state index in [0.29, 0.717) is 10.6 Å². The minimum absolute atomic E-state index is 0.174. The fourth-order valence-electron chi connectivity index (χ4n) is 5.51. The van der Waals surface area contributed by atoms with E-state index in [-0.39, 0.29) is 11.5 Å². The first-order valence-electron chi connectivity index (χ1n) is 10.9. The van der Waals surface area contributed by atoms with E-state index in [2.05, 4.69) is 0 Å². The summed E-state index contributed by atoms with van der Waals surface area (Å²) in [6.07, 6.45) is 3.70. The summed E-state index contributed by atoms with van der Waals surface area (Å²) in [6.45, 7) is 0. The number of nitrogens with zero attached hydrogens (tertiary/aromatic N) is 2. The van der Waals surface area contributed by atoms with Crippen molar-refractivity contribution in [3.63, 3.8) is 0 Å². The molecule has 3 aliphatic heterocycles. The maximum atomic E-state index is 14.0. The number of hydrogen-bond acceptors (Lipinski definition) is 4. The van der Waals surface area contributed by atoms with Crippen LogP contribution >= 0.6 is 11.6 Å². The van der Waals surface area contributed by atoms with Crippen molar-refractivity contribution >= 4 is 41.0 Å². The Morgan fingerprint density at radius 3 is 2.38 bits per heavy atom. The second-order valence-corrected chi connectivity index (χ2v) is 9.13. The van der Waals surface area contributed by atoms with Crippen molar-refractivity contribution in [3.8, 4) is 0 Å². The van der Waals surface area contributed by atoms with E-state index >= 15 is 0 Å². The number of anilines is 1. The molecule has 3 aromatic rings. The van der Waals surface area contributed by atoms with E-state index in [9.17, 15) is 18.8 Å². The van der Waals surface area contributed by atoms with E-state index in [1.165, 1.54) is 24.3 Å². The van der Waals surface area contributed by atoms with E-state index in [4.69, 9.17) is 11.6 Å². The molecule has 3 aliphatic rings. The molecule has 0 spiro atoms. The Bertz CT molecular complexity index is 1390. The summed E-state index contributed by atoms with van der Waals surface area (Å²) in [5, 5.41) is 0.495. The van der Waals surface area contributed by atoms with Gasteiger partial charge in [0.25, 0.3) is 0 Å². The molecule has 4 unspecified atom stereocenters. The number of benzene rings is 3. The van der Waals surface area contributed by atoms with Crippen molar-refractivity contribution < 1.29 is 18.8 Å². The van der Waals surface area contributed by atoms with Crippen LogP contribution in [0.3, 0.4) is 0 Å². The van der Waals surface area contributed by atoms with Gasteiger partial charge in [-0.1, -0.05) is 41.9 Å². The van der Waals surface area contributed by atoms with Gasteiger partial charge in [0.05, 0.1) is 23.6 Å². The normalized spacial score (nSPS) is 24.8. The van der Waals surface area contributed by atoms with Gasteiger partial charge in [0.15, 0.2) is 5.78 Å². The Hall–Kier alpha value is -3.77. The zero-order valence-electron chi connectivity index (χ0n) is 17.8. The predicted molar refractivity (Wildman–Crippen MR) is 125 cm³/mol. The summed E-state index contributed by atoms with van der Waals surface area (Å²) in [4.78, 5) is 44.1. The van der Waals surface area contributed by atoms with Crippen molar-refractivity contribution in [3.05, 3.63) is 107 Å². The van der Waals surface area contributed by atoms with Gasteiger partial charge in [-0.25, -0.2) is 9.29 Å². The van der Waals surface area contributed by atoms with Crippen LogP contribution in [-0.2, 0) is 9.59 Å². The van der Waals surface area contributed by atoms with Crippen LogP contribution in [0.2, 0.25) is 5.02 Å². The van der Waals surface area contributed by atoms with E-state index in [0.717, 1.165) is 16.0 Å². The molecule has 0 bridgehead atoms. The zero-order valence-corrected chi connectivity index (χ0v) is 18.5. The Morgan fingerprint density at radius 2 is 1.62 bits per heavy atom. The second-order valence-electron chi connectivity index (χ2n) is 8.70. The van der Waals surface area contributed by atoms with Gasteiger partial charge in [-0.2, -0.15) is 0 Å². The zero-order chi connectivity index (χ0) is 23.6. The van der Waals surface area contributed by atoms with Gasteiger partial charge in [-0.15, -0.1) is 0 Å². The largest absolute Gasteiger partial charge is 0.358 e. The molecule has 0 N–H and O–H groups in total. The number of carbonyl (C=O) groups excluding carboxylic acids is 3. The number of halogens is 2. The molecule has 2 fully saturated rings. The topological polar surface area (TPSA) is 57.7 Å². The molecule has 34 heavy (non-hydrogen) atoms. The number of carbonyl (C=O) groups is 3. The number of rotatable bonds is 3. The standard InChI is InChI=1S/C27H18ClFN2O3/c28-17-10-8-16(9-11-17)25(32)24-22-21(23-20-7-2-1-4-15(20)12-13-30(23)24)26(33)31(27(22)34)19-6-3-5-18(29)14-19/h1-14,21-24H. The first-order valence-corrected chi connectivity index (χ1v) is 11.3. The third kappa shape index (κ3) is 2.95. The molecule has 0 aromatic heterocycles. The minimum atomic E-state index is -0.903. The molecule has 2 amide bonds. The van der Waals surface area contributed by atoms with Gasteiger partial charge < -0.3 is 4.90 Å². The lowest BCUT2D eigenvalue weighted by Gasteiger charge is -2.35. The lowest BCUT2D eigenvalue weighted by Crippen LogP contribution is -2.44. The average molecular weight is 473 g/mol. The van der Waals surface area contributed by atoms with Crippen molar-refractivity contribution in [2.75, 3.05) is 4.90 Å². The number of amides is 2. The average Bonchev–Trinajstić information content (AvgIpc) is 3.31. The Balaban J connectivity index is 1.50. The fraction of sp³-hybridized carbons (Fsp3) is 0.148. The smallest absolute Gasteiger partial charge is 0.240 e. The van der Waals surface area contributed by atoms with E-state index in [1.807, 2.05) is 35.2 Å². The molecule has 5 nitrogen and oxygen atoms in total. The summed E-state index contributed by atoms with van der Waals surface area (Å²) in [5.41, 5.74) is 2.40. The van der Waals surface area contributed by atoms with Crippen LogP contribution in [0.4, 0.5) is 10.1 Å². The summed E-state index contributed by atoms with van der Waals surface area (Å²) in [7, 11) is 0. The summed E-state index contributed by atoms with van der Waals surface area (Å²) >= 11 is 6.01. The first kappa shape index (κ1) is 20.8. The van der Waals surface area contributed by atoms with E-state index in [1.54, 1.807) is 30.5 Å². The minimum Gasteiger partial charge on any atom is -0.358 e. The molecule has 2 saturated heterocycles. The Morgan fingerprint density at radius 1 is 0.882 bits per heavy atom. The van der Waals surface area contributed by atoms with Crippen LogP contribution in [-0.4, -0.2) is 28.5 Å². The van der Waals surface area contributed by atoms with Gasteiger partial charge >= 0.3 is 0 Å². The molecular formula is C27H18ClFN2O3. The van der Waals surface area contributed by atoms with Crippen LogP contribution < -0.4 is 4.90 Å². The van der Waals surface area contributed by atoms with Crippen molar-refractivity contribution in [2.24, 2.45) is 11.8 Å². The maximum absolute atomic E-state index is 14.0. The summed E-state index contributed by atoms with van der Waals surface area (Å²) in [6, 6.07) is 18.2. The third-order valence-corrected chi connectivity index (χ3v) is 7.18. The number of imide groups is 1. The van der Waals surface area contributed by atoms with Crippen LogP contribution in [0.15, 0.2) is 79.0 Å². The van der Waals surface area contributed by atoms with Crippen LogP contribution in [0, 0.1) is 17.7 Å². The Kier molecular flexibility index (Phi) is 4.67. The van der Waals surface area contributed by atoms with Crippen LogP contribution in [0.25, 0.3) is 6.08 Å². The molecule has 168 valence electrons. The van der Waals surface area contributed by atoms with Crippen molar-refractivity contribution in [1.29, 1.82) is 0 Å². The van der Waals surface area contributed by atoms with Gasteiger partial charge in [0, 0.05) is 16.8 Å². The first-order chi connectivity index (χ1) is 16.5. The number of hydrogen-bond donors (Lipinski definition) is 0. The predicted octanol–water partition coefficient (Wildman–Crippen LogP) is 4.88. The second kappa shape index (κ2) is 7.64. The number of ketones is 1. The van der Waals surface area contributed by atoms with Crippen molar-refractivity contribution in [1.82, 2.24) is 4.90 Å². The van der Waals surface area contributed by atoms with Crippen LogP contribution in [0.1, 0.15) is 27.5 Å². The van der Waals surface area contributed by atoms with Crippen LogP contribution in [0.5, 0.6) is 0 Å². The van der Waals surface area contributed by atoms with Gasteiger partial charge in [-0.05, 0) is 59.7 Å². The highest BCUT2D eigenvalue weighted by molar-refractivity contribution is 6.30. The molecule has 0 aliphatic carbocycles. The molecule has 0 saturated carbocycles. The van der Waals surface area contributed by atoms with Crippen molar-refractivity contribution in [2.45, 2.75) is 12.1 Å². The maximum Gasteiger partial charge on any atom is 0.240 e. The molecule has 3 heterocycles. The summed E-state index contributed by atoms with van der Waals surface area (Å²) in [5.74, 6) is -3.40. The van der Waals surface area contributed by atoms with Gasteiger partial charge in [-0.3, -0.25) is 14.4 Å². The van der Waals surface area contributed by atoms with Gasteiger partial charge in [0.2, 0.25) is 11.8 Å². The Labute approximate surface area is 200 Å². The monoisotopic (exact) mass is 472 g/mol. The number of Topliss-reactive ketones (excluding diaryl/α,β-unsaturated/α-hetero) is 1. The number of fused-ring (bicyclic) bond motifs is 5. The molecule has 7 heteroatoms. The highest BCUT2D eigenvalue weighted by Crippen LogP contribution is 2.53. The molecular weight excluding hydrogens is 455 g/mol. The molecule has 6 rings (SSSR count). The molecule has 3 aromatic carbocycles. The van der Waals surface area contributed by atoms with Gasteiger partial charge in [0.1, 0.15) is 11.9 Å². The quantitative estimate of drug-likeness (QED) is 0.403. The SMILES string of the molecule is O=C(c1ccc(Cl)cc1)C1C2C(=O)N(c3cccc(F)c3)C(=O)C2C2c3ccccc3C=CN12. The highest BCUT2D eigenvalue weighted by atomic mass is 35.5. The fourth-order valence-corrected chi connectivity index (χ4v) is 5.64. The molecule has 4 atom stereocenters. The lowest BCUT2D eigenvalue weighted by molar-refractivity contribution is -0.123. The highest BCUT2D eigenvalue weighted by Gasteiger charge is 2.64. The lowest BCUT2D eigenvalue weighted by atomic mass is 9.83. The summed E-state index contributed by atoms with van der Waals surface area (Å²) < 4.78 is 14.0. The van der Waals surface area contributed by atoms with E-state index < -0.39 is 41.6 Å².